The van der Waals surface area contributed by atoms with Crippen LogP contribution in [0.3, 0.4) is 0 Å². The van der Waals surface area contributed by atoms with Gasteiger partial charge < -0.3 is 9.30 Å². The number of oxazole rings is 1. The van der Waals surface area contributed by atoms with Crippen LogP contribution in [-0.4, -0.2) is 4.98 Å². The van der Waals surface area contributed by atoms with Gasteiger partial charge in [0.1, 0.15) is 6.10 Å². The zero-order valence-electron chi connectivity index (χ0n) is 10.5. The maximum absolute atomic E-state index is 11.3. The van der Waals surface area contributed by atoms with Gasteiger partial charge in [0, 0.05) is 17.5 Å². The van der Waals surface area contributed by atoms with Crippen LogP contribution in [0.4, 0.5) is 0 Å². The van der Waals surface area contributed by atoms with Gasteiger partial charge in [0.05, 0.1) is 5.52 Å². The Morgan fingerprint density at radius 1 is 1.10 bits per heavy atom. The molecule has 5 heteroatoms. The molecule has 0 radical (unpaired) electrons. The van der Waals surface area contributed by atoms with E-state index in [-0.39, 0.29) is 6.10 Å². The maximum atomic E-state index is 11.3. The van der Waals surface area contributed by atoms with Gasteiger partial charge >= 0.3 is 5.76 Å². The number of benzene rings is 2. The van der Waals surface area contributed by atoms with Gasteiger partial charge in [-0.25, -0.2) is 4.79 Å². The summed E-state index contributed by atoms with van der Waals surface area (Å²) >= 11 is 0. The summed E-state index contributed by atoms with van der Waals surface area (Å²) in [5, 5.41) is 0. The second-order valence-electron chi connectivity index (χ2n) is 4.71. The summed E-state index contributed by atoms with van der Waals surface area (Å²) in [7, 11) is 0. The number of nitrogens with one attached hydrogen (secondary N) is 1. The van der Waals surface area contributed by atoms with Gasteiger partial charge in [-0.05, 0) is 12.1 Å². The minimum Gasteiger partial charge on any atom is -0.408 e. The molecule has 1 unspecified atom stereocenters. The first-order valence-electron chi connectivity index (χ1n) is 6.34. The topological polar surface area (TPSA) is 64.5 Å². The molecule has 100 valence electrons. The fourth-order valence-corrected chi connectivity index (χ4v) is 2.52. The Morgan fingerprint density at radius 2 is 2.00 bits per heavy atom. The summed E-state index contributed by atoms with van der Waals surface area (Å²) in [4.78, 5) is 24.8. The zero-order chi connectivity index (χ0) is 13.5. The largest absolute Gasteiger partial charge is 0.417 e. The van der Waals surface area contributed by atoms with Gasteiger partial charge in [0.25, 0.3) is 0 Å². The molecular weight excluding hydrogens is 258 g/mol. The van der Waals surface area contributed by atoms with E-state index in [2.05, 4.69) is 4.98 Å². The predicted octanol–water partition coefficient (Wildman–Crippen LogP) is 2.73. The van der Waals surface area contributed by atoms with Crippen molar-refractivity contribution in [2.24, 2.45) is 0 Å². The maximum Gasteiger partial charge on any atom is 0.417 e. The highest BCUT2D eigenvalue weighted by Crippen LogP contribution is 2.35. The van der Waals surface area contributed by atoms with E-state index < -0.39 is 5.76 Å². The van der Waals surface area contributed by atoms with Crippen molar-refractivity contribution in [3.8, 4) is 5.75 Å². The van der Waals surface area contributed by atoms with Gasteiger partial charge in [-0.3, -0.25) is 4.98 Å². The van der Waals surface area contributed by atoms with Crippen LogP contribution in [-0.2, 0) is 11.3 Å². The first kappa shape index (κ1) is 11.3. The molecule has 2 aromatic carbocycles. The SMILES string of the molecule is O=c1[nH]c2c(C3Cc4ccccc4OO3)cccc2o1. The standard InChI is InChI=1S/C15H11NO4/c17-15-16-14-10(5-3-7-12(14)18-15)13-8-9-4-1-2-6-11(9)19-20-13/h1-7,13H,8H2,(H,16,17). The van der Waals surface area contributed by atoms with Gasteiger partial charge in [0.2, 0.25) is 0 Å². The van der Waals surface area contributed by atoms with E-state index in [4.69, 9.17) is 14.2 Å². The molecule has 5 nitrogen and oxygen atoms in total. The molecule has 1 aliphatic rings. The summed E-state index contributed by atoms with van der Waals surface area (Å²) in [5.41, 5.74) is 3.11. The molecule has 0 amide bonds. The lowest BCUT2D eigenvalue weighted by Crippen LogP contribution is -2.17. The van der Waals surface area contributed by atoms with Crippen molar-refractivity contribution in [1.82, 2.24) is 4.98 Å². The number of fused-ring (bicyclic) bond motifs is 2. The molecule has 20 heavy (non-hydrogen) atoms. The summed E-state index contributed by atoms with van der Waals surface area (Å²) in [6.45, 7) is 0. The normalized spacial score (nSPS) is 17.7. The molecular formula is C15H11NO4. The Hall–Kier alpha value is -2.53. The highest BCUT2D eigenvalue weighted by atomic mass is 17.2. The lowest BCUT2D eigenvalue weighted by atomic mass is 9.99. The molecule has 0 saturated heterocycles. The van der Waals surface area contributed by atoms with Crippen molar-refractivity contribution < 1.29 is 14.2 Å². The van der Waals surface area contributed by atoms with Crippen LogP contribution in [0.1, 0.15) is 17.2 Å². The molecule has 4 rings (SSSR count). The Balaban J connectivity index is 1.79. The summed E-state index contributed by atoms with van der Waals surface area (Å²) < 4.78 is 5.06. The first-order chi connectivity index (χ1) is 9.81. The summed E-state index contributed by atoms with van der Waals surface area (Å²) in [6.07, 6.45) is 0.407. The van der Waals surface area contributed by atoms with E-state index in [9.17, 15) is 4.79 Å². The van der Waals surface area contributed by atoms with E-state index in [1.165, 1.54) is 0 Å². The van der Waals surface area contributed by atoms with Crippen molar-refractivity contribution in [3.05, 3.63) is 64.1 Å². The Morgan fingerprint density at radius 3 is 2.95 bits per heavy atom. The lowest BCUT2D eigenvalue weighted by molar-refractivity contribution is -0.257. The molecule has 1 aromatic heterocycles. The number of hydrogen-bond donors (Lipinski definition) is 1. The third-order valence-corrected chi connectivity index (χ3v) is 3.47. The Labute approximate surface area is 113 Å². The van der Waals surface area contributed by atoms with Crippen molar-refractivity contribution in [2.75, 3.05) is 0 Å². The third-order valence-electron chi connectivity index (χ3n) is 3.47. The molecule has 2 heterocycles. The molecule has 1 N–H and O–H groups in total. The molecule has 1 aliphatic heterocycles. The van der Waals surface area contributed by atoms with Gasteiger partial charge in [-0.15, -0.1) is 0 Å². The van der Waals surface area contributed by atoms with Crippen LogP contribution in [0.2, 0.25) is 0 Å². The lowest BCUT2D eigenvalue weighted by Gasteiger charge is -2.24. The van der Waals surface area contributed by atoms with Crippen LogP contribution in [0.5, 0.6) is 5.75 Å². The monoisotopic (exact) mass is 269 g/mol. The van der Waals surface area contributed by atoms with Crippen LogP contribution in [0, 0.1) is 0 Å². The van der Waals surface area contributed by atoms with E-state index in [1.807, 2.05) is 36.4 Å². The number of rotatable bonds is 1. The molecule has 0 spiro atoms. The Bertz CT molecular complexity index is 833. The summed E-state index contributed by atoms with van der Waals surface area (Å²) in [5.74, 6) is 0.265. The van der Waals surface area contributed by atoms with Crippen LogP contribution in [0.25, 0.3) is 11.1 Å². The average molecular weight is 269 g/mol. The second kappa shape index (κ2) is 4.25. The van der Waals surface area contributed by atoms with Gasteiger partial charge in [-0.2, -0.15) is 4.89 Å². The molecule has 0 aliphatic carbocycles. The van der Waals surface area contributed by atoms with E-state index >= 15 is 0 Å². The van der Waals surface area contributed by atoms with Gasteiger partial charge in [0.15, 0.2) is 11.3 Å². The van der Waals surface area contributed by atoms with Crippen molar-refractivity contribution in [3.63, 3.8) is 0 Å². The highest BCUT2D eigenvalue weighted by Gasteiger charge is 2.25. The Kier molecular flexibility index (Phi) is 2.40. The molecule has 1 atom stereocenters. The number of para-hydroxylation sites is 2. The molecule has 0 bridgehead atoms. The number of aromatic nitrogens is 1. The number of hydrogen-bond acceptors (Lipinski definition) is 4. The molecule has 3 aromatic rings. The second-order valence-corrected chi connectivity index (χ2v) is 4.71. The number of H-pyrrole nitrogens is 1. The quantitative estimate of drug-likeness (QED) is 0.690. The smallest absolute Gasteiger partial charge is 0.408 e. The highest BCUT2D eigenvalue weighted by molar-refractivity contribution is 5.76. The first-order valence-corrected chi connectivity index (χ1v) is 6.34. The fraction of sp³-hybridized carbons (Fsp3) is 0.133. The summed E-state index contributed by atoms with van der Waals surface area (Å²) in [6, 6.07) is 13.2. The van der Waals surface area contributed by atoms with Crippen LogP contribution in [0.15, 0.2) is 51.7 Å². The van der Waals surface area contributed by atoms with Crippen LogP contribution >= 0.6 is 0 Å². The van der Waals surface area contributed by atoms with E-state index in [1.54, 1.807) is 6.07 Å². The average Bonchev–Trinajstić information content (AvgIpc) is 2.86. The molecule has 0 saturated carbocycles. The number of aromatic amines is 1. The van der Waals surface area contributed by atoms with Crippen LogP contribution < -0.4 is 10.6 Å². The minimum absolute atomic E-state index is 0.276. The third kappa shape index (κ3) is 1.71. The zero-order valence-corrected chi connectivity index (χ0v) is 10.5. The van der Waals surface area contributed by atoms with Gasteiger partial charge in [-0.1, -0.05) is 30.3 Å². The molecule has 0 fully saturated rings. The van der Waals surface area contributed by atoms with E-state index in [0.717, 1.165) is 16.9 Å². The fourth-order valence-electron chi connectivity index (χ4n) is 2.52. The predicted molar refractivity (Wildman–Crippen MR) is 71.4 cm³/mol. The van der Waals surface area contributed by atoms with Crippen molar-refractivity contribution in [2.45, 2.75) is 12.5 Å². The van der Waals surface area contributed by atoms with Crippen molar-refractivity contribution >= 4 is 11.1 Å². The minimum atomic E-state index is -0.468. The van der Waals surface area contributed by atoms with E-state index in [0.29, 0.717) is 17.5 Å². The van der Waals surface area contributed by atoms with Crippen molar-refractivity contribution in [1.29, 1.82) is 0 Å².